The van der Waals surface area contributed by atoms with Crippen molar-refractivity contribution in [2.24, 2.45) is 34.5 Å². The van der Waals surface area contributed by atoms with Crippen LogP contribution in [-0.2, 0) is 14.3 Å². The average molecular weight is 330 g/mol. The maximum absolute atomic E-state index is 12.3. The Bertz CT molecular complexity index is 606. The van der Waals surface area contributed by atoms with Gasteiger partial charge in [0, 0.05) is 6.42 Å². The van der Waals surface area contributed by atoms with Crippen LogP contribution in [0.1, 0.15) is 65.2 Å². The summed E-state index contributed by atoms with van der Waals surface area (Å²) >= 11 is 0. The second-order valence-corrected chi connectivity index (χ2v) is 9.17. The van der Waals surface area contributed by atoms with Crippen LogP contribution in [0, 0.1) is 34.5 Å². The van der Waals surface area contributed by atoms with Crippen LogP contribution in [-0.4, -0.2) is 18.9 Å². The van der Waals surface area contributed by atoms with Crippen molar-refractivity contribution < 1.29 is 14.3 Å². The Morgan fingerprint density at radius 1 is 1.08 bits per heavy atom. The van der Waals surface area contributed by atoms with Crippen LogP contribution in [0.25, 0.3) is 0 Å². The molecule has 0 N–H and O–H groups in total. The van der Waals surface area contributed by atoms with E-state index in [1.165, 1.54) is 31.9 Å². The van der Waals surface area contributed by atoms with Crippen molar-refractivity contribution >= 4 is 11.8 Å². The quantitative estimate of drug-likeness (QED) is 0.673. The highest BCUT2D eigenvalue weighted by atomic mass is 16.5. The Morgan fingerprint density at radius 2 is 1.88 bits per heavy atom. The number of methoxy groups -OCH3 is 1. The molecule has 4 rings (SSSR count). The van der Waals surface area contributed by atoms with Crippen molar-refractivity contribution in [2.45, 2.75) is 65.2 Å². The first kappa shape index (κ1) is 16.4. The summed E-state index contributed by atoms with van der Waals surface area (Å²) in [7, 11) is 1.53. The summed E-state index contributed by atoms with van der Waals surface area (Å²) < 4.78 is 5.12. The molecule has 0 bridgehead atoms. The monoisotopic (exact) mass is 330 g/mol. The zero-order valence-electron chi connectivity index (χ0n) is 15.3. The van der Waals surface area contributed by atoms with Gasteiger partial charge in [-0.05, 0) is 79.6 Å². The molecular formula is C21H30O3. The predicted octanol–water partition coefficient (Wildman–Crippen LogP) is 4.31. The molecule has 132 valence electrons. The molecular weight excluding hydrogens is 300 g/mol. The maximum Gasteiger partial charge on any atom is 0.309 e. The summed E-state index contributed by atoms with van der Waals surface area (Å²) in [5, 5.41) is 0. The zero-order valence-corrected chi connectivity index (χ0v) is 15.3. The first-order chi connectivity index (χ1) is 11.4. The lowest BCUT2D eigenvalue weighted by atomic mass is 9.47. The second kappa shape index (κ2) is 5.44. The highest BCUT2D eigenvalue weighted by Crippen LogP contribution is 2.66. The molecule has 4 aliphatic carbocycles. The minimum atomic E-state index is 0.00400. The molecule has 4 aliphatic rings. The van der Waals surface area contributed by atoms with E-state index in [0.717, 1.165) is 32.1 Å². The molecule has 0 spiro atoms. The molecule has 0 aromatic heterocycles. The minimum absolute atomic E-state index is 0.00400. The summed E-state index contributed by atoms with van der Waals surface area (Å²) in [4.78, 5) is 24.2. The van der Waals surface area contributed by atoms with E-state index in [9.17, 15) is 9.59 Å². The number of hydrogen-bond donors (Lipinski definition) is 0. The lowest BCUT2D eigenvalue weighted by Gasteiger charge is -2.57. The topological polar surface area (TPSA) is 43.4 Å². The van der Waals surface area contributed by atoms with Gasteiger partial charge in [0.1, 0.15) is 0 Å². The van der Waals surface area contributed by atoms with Crippen molar-refractivity contribution in [3.05, 3.63) is 11.6 Å². The van der Waals surface area contributed by atoms with Crippen molar-refractivity contribution in [3.8, 4) is 0 Å². The number of ether oxygens (including phenoxy) is 1. The largest absolute Gasteiger partial charge is 0.469 e. The Hall–Kier alpha value is -1.12. The Balaban J connectivity index is 1.65. The van der Waals surface area contributed by atoms with Gasteiger partial charge in [-0.3, -0.25) is 9.59 Å². The standard InChI is InChI=1S/C21H30O3/c1-20-10-8-14(22)12-13(20)4-5-15-16-6-7-18(19(23)24-3)21(16,2)11-9-17(15)20/h12,15-18H,4-11H2,1-3H3/t15-,16-,17-,18+,20+,21-/m1/s1. The number of esters is 1. The smallest absolute Gasteiger partial charge is 0.309 e. The summed E-state index contributed by atoms with van der Waals surface area (Å²) in [5.41, 5.74) is 1.77. The number of allylic oxidation sites excluding steroid dienone is 1. The number of ketones is 1. The summed E-state index contributed by atoms with van der Waals surface area (Å²) in [5.74, 6) is 2.48. The van der Waals surface area contributed by atoms with E-state index in [0.29, 0.717) is 23.5 Å². The molecule has 3 fully saturated rings. The van der Waals surface area contributed by atoms with Crippen LogP contribution in [0.15, 0.2) is 11.6 Å². The van der Waals surface area contributed by atoms with Crippen LogP contribution < -0.4 is 0 Å². The molecule has 0 aromatic rings. The van der Waals surface area contributed by atoms with Crippen LogP contribution >= 0.6 is 0 Å². The van der Waals surface area contributed by atoms with Gasteiger partial charge in [0.2, 0.25) is 0 Å². The van der Waals surface area contributed by atoms with Gasteiger partial charge in [0.05, 0.1) is 13.0 Å². The lowest BCUT2D eigenvalue weighted by molar-refractivity contribution is -0.152. The minimum Gasteiger partial charge on any atom is -0.469 e. The third kappa shape index (κ3) is 2.09. The first-order valence-electron chi connectivity index (χ1n) is 9.72. The number of rotatable bonds is 1. The van der Waals surface area contributed by atoms with E-state index in [-0.39, 0.29) is 22.7 Å². The molecule has 3 heteroatoms. The fourth-order valence-corrected chi connectivity index (χ4v) is 7.09. The molecule has 0 amide bonds. The number of hydrogen-bond acceptors (Lipinski definition) is 3. The van der Waals surface area contributed by atoms with Gasteiger partial charge < -0.3 is 4.74 Å². The van der Waals surface area contributed by atoms with E-state index in [1.54, 1.807) is 0 Å². The Morgan fingerprint density at radius 3 is 2.62 bits per heavy atom. The second-order valence-electron chi connectivity index (χ2n) is 9.17. The highest BCUT2D eigenvalue weighted by molar-refractivity contribution is 5.91. The Kier molecular flexibility index (Phi) is 3.71. The molecule has 24 heavy (non-hydrogen) atoms. The van der Waals surface area contributed by atoms with Crippen molar-refractivity contribution in [1.82, 2.24) is 0 Å². The number of carbonyl (C=O) groups excluding carboxylic acids is 2. The van der Waals surface area contributed by atoms with E-state index in [1.807, 2.05) is 6.08 Å². The molecule has 0 unspecified atom stereocenters. The maximum atomic E-state index is 12.3. The molecule has 0 radical (unpaired) electrons. The highest BCUT2D eigenvalue weighted by Gasteiger charge is 2.60. The molecule has 0 saturated heterocycles. The van der Waals surface area contributed by atoms with Crippen molar-refractivity contribution in [2.75, 3.05) is 7.11 Å². The van der Waals surface area contributed by atoms with Crippen LogP contribution in [0.5, 0.6) is 0 Å². The van der Waals surface area contributed by atoms with E-state index < -0.39 is 0 Å². The molecule has 3 nitrogen and oxygen atoms in total. The van der Waals surface area contributed by atoms with Gasteiger partial charge >= 0.3 is 5.97 Å². The van der Waals surface area contributed by atoms with Crippen LogP contribution in [0.2, 0.25) is 0 Å². The summed E-state index contributed by atoms with van der Waals surface area (Å²) in [6, 6.07) is 0. The zero-order chi connectivity index (χ0) is 17.1. The van der Waals surface area contributed by atoms with Crippen LogP contribution in [0.3, 0.4) is 0 Å². The lowest BCUT2D eigenvalue weighted by Crippen LogP contribution is -2.51. The predicted molar refractivity (Wildman–Crippen MR) is 92.2 cm³/mol. The first-order valence-corrected chi connectivity index (χ1v) is 9.72. The molecule has 3 saturated carbocycles. The van der Waals surface area contributed by atoms with Gasteiger partial charge in [-0.25, -0.2) is 0 Å². The van der Waals surface area contributed by atoms with E-state index in [2.05, 4.69) is 13.8 Å². The summed E-state index contributed by atoms with van der Waals surface area (Å²) in [6.45, 7) is 4.76. The number of fused-ring (bicyclic) bond motifs is 5. The van der Waals surface area contributed by atoms with Crippen molar-refractivity contribution in [3.63, 3.8) is 0 Å². The molecule has 0 aromatic carbocycles. The van der Waals surface area contributed by atoms with Gasteiger partial charge in [-0.1, -0.05) is 19.4 Å². The third-order valence-corrected chi connectivity index (χ3v) is 8.45. The fraction of sp³-hybridized carbons (Fsp3) is 0.810. The van der Waals surface area contributed by atoms with Gasteiger partial charge in [0.15, 0.2) is 5.78 Å². The molecule has 0 aliphatic heterocycles. The SMILES string of the molecule is COC(=O)[C@@H]1CC[C@@H]2[C@H]3CCC4=CC(=O)CC[C@]4(C)[C@@H]3CC[C@]21C. The van der Waals surface area contributed by atoms with E-state index in [4.69, 9.17) is 4.74 Å². The molecule has 6 atom stereocenters. The van der Waals surface area contributed by atoms with Gasteiger partial charge in [-0.15, -0.1) is 0 Å². The molecule has 0 heterocycles. The third-order valence-electron chi connectivity index (χ3n) is 8.45. The number of carbonyl (C=O) groups is 2. The van der Waals surface area contributed by atoms with Gasteiger partial charge in [0.25, 0.3) is 0 Å². The van der Waals surface area contributed by atoms with Crippen LogP contribution in [0.4, 0.5) is 0 Å². The van der Waals surface area contributed by atoms with E-state index >= 15 is 0 Å². The van der Waals surface area contributed by atoms with Gasteiger partial charge in [-0.2, -0.15) is 0 Å². The summed E-state index contributed by atoms with van der Waals surface area (Å²) in [6.07, 6.45) is 10.5. The Labute approximate surface area is 145 Å². The normalized spacial score (nSPS) is 47.3. The average Bonchev–Trinajstić information content (AvgIpc) is 2.92. The fourth-order valence-electron chi connectivity index (χ4n) is 7.09. The van der Waals surface area contributed by atoms with Crippen molar-refractivity contribution in [1.29, 1.82) is 0 Å².